The number of hydrogen-bond acceptors (Lipinski definition) is 5. The van der Waals surface area contributed by atoms with Gasteiger partial charge >= 0.3 is 0 Å². The fraction of sp³-hybridized carbons (Fsp3) is 0.421. The Morgan fingerprint density at radius 3 is 2.80 bits per heavy atom. The van der Waals surface area contributed by atoms with E-state index in [1.807, 2.05) is 23.1 Å². The van der Waals surface area contributed by atoms with Crippen molar-refractivity contribution < 1.29 is 9.53 Å². The fourth-order valence-corrected chi connectivity index (χ4v) is 3.67. The molecule has 0 radical (unpaired) electrons. The van der Waals surface area contributed by atoms with Crippen molar-refractivity contribution in [2.45, 2.75) is 25.2 Å². The van der Waals surface area contributed by atoms with Crippen LogP contribution in [0.2, 0.25) is 0 Å². The van der Waals surface area contributed by atoms with Crippen molar-refractivity contribution in [3.05, 3.63) is 60.2 Å². The minimum atomic E-state index is 0.0971. The number of ether oxygens (including phenoxy) is 1. The molecule has 25 heavy (non-hydrogen) atoms. The Morgan fingerprint density at radius 1 is 1.12 bits per heavy atom. The van der Waals surface area contributed by atoms with Crippen molar-refractivity contribution in [3.63, 3.8) is 0 Å². The third-order valence-electron chi connectivity index (χ3n) is 4.99. The van der Waals surface area contributed by atoms with Crippen LogP contribution >= 0.6 is 0 Å². The molecule has 4 rings (SSSR count). The lowest BCUT2D eigenvalue weighted by Crippen LogP contribution is -2.52. The van der Waals surface area contributed by atoms with Crippen LogP contribution in [0.15, 0.2) is 48.9 Å². The van der Waals surface area contributed by atoms with Crippen LogP contribution in [0.25, 0.3) is 0 Å². The van der Waals surface area contributed by atoms with Crippen molar-refractivity contribution >= 4 is 5.91 Å². The molecule has 2 aromatic heterocycles. The van der Waals surface area contributed by atoms with E-state index in [1.165, 1.54) is 0 Å². The molecular weight excluding hydrogens is 316 g/mol. The molecule has 0 saturated carbocycles. The summed E-state index contributed by atoms with van der Waals surface area (Å²) in [4.78, 5) is 25.3. The number of fused-ring (bicyclic) bond motifs is 1. The third-order valence-corrected chi connectivity index (χ3v) is 4.99. The maximum atomic E-state index is 12.6. The Morgan fingerprint density at radius 2 is 2.00 bits per heavy atom. The summed E-state index contributed by atoms with van der Waals surface area (Å²) in [5, 5.41) is 0. The first-order valence-corrected chi connectivity index (χ1v) is 8.74. The molecule has 0 spiro atoms. The summed E-state index contributed by atoms with van der Waals surface area (Å²) in [6.45, 7) is 3.93. The third kappa shape index (κ3) is 3.70. The molecule has 4 heterocycles. The van der Waals surface area contributed by atoms with Crippen LogP contribution in [0.1, 0.15) is 22.5 Å². The normalized spacial score (nSPS) is 23.4. The van der Waals surface area contributed by atoms with Gasteiger partial charge in [0.05, 0.1) is 18.4 Å². The van der Waals surface area contributed by atoms with E-state index in [4.69, 9.17) is 4.74 Å². The summed E-state index contributed by atoms with van der Waals surface area (Å²) < 4.78 is 6.05. The van der Waals surface area contributed by atoms with Gasteiger partial charge in [-0.3, -0.25) is 19.7 Å². The Bertz CT molecular complexity index is 710. The van der Waals surface area contributed by atoms with E-state index in [0.717, 1.165) is 38.3 Å². The number of nitrogens with zero attached hydrogens (tertiary/aromatic N) is 4. The maximum absolute atomic E-state index is 12.6. The second-order valence-corrected chi connectivity index (χ2v) is 6.63. The highest BCUT2D eigenvalue weighted by Crippen LogP contribution is 2.25. The van der Waals surface area contributed by atoms with E-state index in [0.29, 0.717) is 18.2 Å². The minimum Gasteiger partial charge on any atom is -0.371 e. The molecule has 2 aliphatic rings. The summed E-state index contributed by atoms with van der Waals surface area (Å²) in [7, 11) is 0. The molecule has 2 aliphatic heterocycles. The second kappa shape index (κ2) is 7.29. The number of carbonyl (C=O) groups excluding carboxylic acids is 1. The zero-order valence-corrected chi connectivity index (χ0v) is 14.1. The first-order valence-electron chi connectivity index (χ1n) is 8.74. The van der Waals surface area contributed by atoms with Crippen molar-refractivity contribution in [1.29, 1.82) is 0 Å². The van der Waals surface area contributed by atoms with Crippen molar-refractivity contribution in [2.24, 2.45) is 0 Å². The van der Waals surface area contributed by atoms with Crippen molar-refractivity contribution in [2.75, 3.05) is 26.2 Å². The van der Waals surface area contributed by atoms with E-state index in [1.54, 1.807) is 30.7 Å². The molecule has 130 valence electrons. The SMILES string of the molecule is O=C(c1ccncc1)N1CCN2C[C@H](OCc3ccccn3)C[C@H]2C1. The van der Waals surface area contributed by atoms with Gasteiger partial charge in [0.2, 0.25) is 0 Å². The first kappa shape index (κ1) is 16.2. The Hall–Kier alpha value is -2.31. The molecular formula is C19H22N4O2. The minimum absolute atomic E-state index is 0.0971. The highest BCUT2D eigenvalue weighted by atomic mass is 16.5. The lowest BCUT2D eigenvalue weighted by molar-refractivity contribution is 0.0435. The Kier molecular flexibility index (Phi) is 4.72. The van der Waals surface area contributed by atoms with Crippen LogP contribution in [0.3, 0.4) is 0 Å². The summed E-state index contributed by atoms with van der Waals surface area (Å²) >= 11 is 0. The predicted molar refractivity (Wildman–Crippen MR) is 92.9 cm³/mol. The Labute approximate surface area is 147 Å². The van der Waals surface area contributed by atoms with Gasteiger partial charge in [-0.25, -0.2) is 0 Å². The van der Waals surface area contributed by atoms with E-state index >= 15 is 0 Å². The van der Waals surface area contributed by atoms with E-state index in [-0.39, 0.29) is 12.0 Å². The molecule has 6 nitrogen and oxygen atoms in total. The van der Waals surface area contributed by atoms with Crippen LogP contribution < -0.4 is 0 Å². The maximum Gasteiger partial charge on any atom is 0.254 e. The number of carbonyl (C=O) groups is 1. The number of hydrogen-bond donors (Lipinski definition) is 0. The zero-order chi connectivity index (χ0) is 17.1. The number of rotatable bonds is 4. The van der Waals surface area contributed by atoms with Crippen LogP contribution in [0.4, 0.5) is 0 Å². The molecule has 0 unspecified atom stereocenters. The predicted octanol–water partition coefficient (Wildman–Crippen LogP) is 1.59. The average molecular weight is 338 g/mol. The molecule has 6 heteroatoms. The zero-order valence-electron chi connectivity index (χ0n) is 14.1. The fourth-order valence-electron chi connectivity index (χ4n) is 3.67. The monoisotopic (exact) mass is 338 g/mol. The standard InChI is InChI=1S/C19H22N4O2/c24-19(15-4-7-20-8-5-15)23-10-9-22-13-18(11-17(22)12-23)25-14-16-3-1-2-6-21-16/h1-8,17-18H,9-14H2/t17-,18+/m0/s1. The van der Waals surface area contributed by atoms with Gasteiger partial charge < -0.3 is 9.64 Å². The van der Waals surface area contributed by atoms with Crippen molar-refractivity contribution in [1.82, 2.24) is 19.8 Å². The molecule has 1 amide bonds. The molecule has 2 atom stereocenters. The van der Waals surface area contributed by atoms with Gasteiger partial charge in [-0.15, -0.1) is 0 Å². The highest BCUT2D eigenvalue weighted by molar-refractivity contribution is 5.94. The average Bonchev–Trinajstić information content (AvgIpc) is 3.09. The van der Waals surface area contributed by atoms with Crippen LogP contribution in [0, 0.1) is 0 Å². The molecule has 0 aromatic carbocycles. The quantitative estimate of drug-likeness (QED) is 0.847. The first-order chi connectivity index (χ1) is 12.3. The summed E-state index contributed by atoms with van der Waals surface area (Å²) in [5.41, 5.74) is 1.67. The Balaban J connectivity index is 1.32. The summed E-state index contributed by atoms with van der Waals surface area (Å²) in [5.74, 6) is 0.0971. The summed E-state index contributed by atoms with van der Waals surface area (Å²) in [6, 6.07) is 9.81. The van der Waals surface area contributed by atoms with Gasteiger partial charge in [0.1, 0.15) is 0 Å². The number of pyridine rings is 2. The van der Waals surface area contributed by atoms with E-state index in [2.05, 4.69) is 14.9 Å². The second-order valence-electron chi connectivity index (χ2n) is 6.63. The molecule has 0 N–H and O–H groups in total. The molecule has 2 aromatic rings. The van der Waals surface area contributed by atoms with Crippen LogP contribution in [-0.4, -0.2) is 64.0 Å². The highest BCUT2D eigenvalue weighted by Gasteiger charge is 2.38. The number of aromatic nitrogens is 2. The smallest absolute Gasteiger partial charge is 0.254 e. The largest absolute Gasteiger partial charge is 0.371 e. The number of amides is 1. The molecule has 0 bridgehead atoms. The topological polar surface area (TPSA) is 58.6 Å². The van der Waals surface area contributed by atoms with E-state index < -0.39 is 0 Å². The van der Waals surface area contributed by atoms with Gasteiger partial charge in [0.15, 0.2) is 0 Å². The lowest BCUT2D eigenvalue weighted by atomic mass is 10.1. The van der Waals surface area contributed by atoms with Crippen LogP contribution in [0.5, 0.6) is 0 Å². The van der Waals surface area contributed by atoms with Crippen LogP contribution in [-0.2, 0) is 11.3 Å². The van der Waals surface area contributed by atoms with Crippen molar-refractivity contribution in [3.8, 4) is 0 Å². The van der Waals surface area contributed by atoms with Gasteiger partial charge in [0, 0.05) is 56.4 Å². The molecule has 2 fully saturated rings. The van der Waals surface area contributed by atoms with Gasteiger partial charge in [0.25, 0.3) is 5.91 Å². The summed E-state index contributed by atoms with van der Waals surface area (Å²) in [6.07, 6.45) is 6.30. The molecule has 2 saturated heterocycles. The van der Waals surface area contributed by atoms with Gasteiger partial charge in [-0.2, -0.15) is 0 Å². The number of piperazine rings is 1. The lowest BCUT2D eigenvalue weighted by Gasteiger charge is -2.37. The molecule has 0 aliphatic carbocycles. The van der Waals surface area contributed by atoms with Gasteiger partial charge in [-0.05, 0) is 30.7 Å². The van der Waals surface area contributed by atoms with Gasteiger partial charge in [-0.1, -0.05) is 6.07 Å². The van der Waals surface area contributed by atoms with E-state index in [9.17, 15) is 4.79 Å².